The van der Waals surface area contributed by atoms with Crippen molar-refractivity contribution in [2.75, 3.05) is 4.72 Å². The predicted molar refractivity (Wildman–Crippen MR) is 136 cm³/mol. The molecule has 0 heterocycles. The maximum Gasteiger partial charge on any atom is 0.271 e. The van der Waals surface area contributed by atoms with Crippen LogP contribution in [0.15, 0.2) is 119 Å². The number of hydrogen-bond donors (Lipinski definition) is 2. The number of hydrazone groups is 1. The molecule has 1 amide bonds. The van der Waals surface area contributed by atoms with E-state index >= 15 is 0 Å². The van der Waals surface area contributed by atoms with Gasteiger partial charge in [-0.25, -0.2) is 13.8 Å². The summed E-state index contributed by atoms with van der Waals surface area (Å²) in [6.45, 7) is 0.415. The highest BCUT2D eigenvalue weighted by Gasteiger charge is 2.14. The van der Waals surface area contributed by atoms with Crippen molar-refractivity contribution in [3.05, 3.63) is 126 Å². The lowest BCUT2D eigenvalue weighted by atomic mass is 10.2. The van der Waals surface area contributed by atoms with E-state index in [2.05, 4.69) is 15.2 Å². The number of para-hydroxylation sites is 1. The van der Waals surface area contributed by atoms with Crippen LogP contribution >= 0.6 is 0 Å². The predicted octanol–water partition coefficient (Wildman–Crippen LogP) is 4.83. The standard InChI is InChI=1S/C27H23N3O4S/c31-27(22-15-17-24(18-16-22)30-35(32,33)25-12-5-2-6-13-25)29-28-19-23-11-7-8-14-26(23)34-20-21-9-3-1-4-10-21/h1-19,30H,20H2,(H,29,31). The molecular formula is C27H23N3O4S. The zero-order chi connectivity index (χ0) is 24.5. The molecule has 2 N–H and O–H groups in total. The molecule has 0 fully saturated rings. The molecule has 0 bridgehead atoms. The van der Waals surface area contributed by atoms with Crippen molar-refractivity contribution in [2.45, 2.75) is 11.5 Å². The largest absolute Gasteiger partial charge is 0.488 e. The van der Waals surface area contributed by atoms with E-state index < -0.39 is 15.9 Å². The van der Waals surface area contributed by atoms with Gasteiger partial charge in [-0.15, -0.1) is 0 Å². The van der Waals surface area contributed by atoms with Crippen molar-refractivity contribution in [3.8, 4) is 5.75 Å². The Bertz CT molecular complexity index is 1410. The lowest BCUT2D eigenvalue weighted by Gasteiger charge is -2.09. The van der Waals surface area contributed by atoms with E-state index in [-0.39, 0.29) is 4.90 Å². The number of amides is 1. The van der Waals surface area contributed by atoms with Gasteiger partial charge in [0.2, 0.25) is 0 Å². The van der Waals surface area contributed by atoms with Gasteiger partial charge >= 0.3 is 0 Å². The summed E-state index contributed by atoms with van der Waals surface area (Å²) < 4.78 is 33.2. The van der Waals surface area contributed by atoms with Crippen molar-refractivity contribution in [1.29, 1.82) is 0 Å². The van der Waals surface area contributed by atoms with Crippen LogP contribution in [0.5, 0.6) is 5.75 Å². The summed E-state index contributed by atoms with van der Waals surface area (Å²) >= 11 is 0. The first kappa shape index (κ1) is 23.7. The summed E-state index contributed by atoms with van der Waals surface area (Å²) in [6.07, 6.45) is 1.51. The molecule has 0 atom stereocenters. The Morgan fingerprint density at radius 3 is 2.14 bits per heavy atom. The molecule has 0 aromatic heterocycles. The van der Waals surface area contributed by atoms with Crippen LogP contribution in [0.3, 0.4) is 0 Å². The minimum Gasteiger partial charge on any atom is -0.488 e. The summed E-state index contributed by atoms with van der Waals surface area (Å²) in [5.74, 6) is 0.214. The van der Waals surface area contributed by atoms with Crippen LogP contribution in [0.4, 0.5) is 5.69 Å². The summed E-state index contributed by atoms with van der Waals surface area (Å²) in [4.78, 5) is 12.6. The molecule has 8 heteroatoms. The lowest BCUT2D eigenvalue weighted by Crippen LogP contribution is -2.18. The Morgan fingerprint density at radius 2 is 1.43 bits per heavy atom. The number of nitrogens with zero attached hydrogens (tertiary/aromatic N) is 1. The summed E-state index contributed by atoms with van der Waals surface area (Å²) in [5, 5.41) is 4.04. The summed E-state index contributed by atoms with van der Waals surface area (Å²) in [5.41, 5.74) is 4.92. The number of nitrogens with one attached hydrogen (secondary N) is 2. The Morgan fingerprint density at radius 1 is 0.800 bits per heavy atom. The second-order valence-electron chi connectivity index (χ2n) is 7.51. The van der Waals surface area contributed by atoms with E-state index in [1.165, 1.54) is 42.6 Å². The minimum absolute atomic E-state index is 0.157. The van der Waals surface area contributed by atoms with Gasteiger partial charge in [-0.3, -0.25) is 9.52 Å². The van der Waals surface area contributed by atoms with E-state index in [9.17, 15) is 13.2 Å². The van der Waals surface area contributed by atoms with Crippen LogP contribution in [0.2, 0.25) is 0 Å². The van der Waals surface area contributed by atoms with Crippen LogP contribution in [-0.2, 0) is 16.6 Å². The first-order valence-corrected chi connectivity index (χ1v) is 12.3. The van der Waals surface area contributed by atoms with Crippen LogP contribution in [0.25, 0.3) is 0 Å². The SMILES string of the molecule is O=C(NN=Cc1ccccc1OCc1ccccc1)c1ccc(NS(=O)(=O)c2ccccc2)cc1. The van der Waals surface area contributed by atoms with Crippen molar-refractivity contribution in [1.82, 2.24) is 5.43 Å². The number of sulfonamides is 1. The second kappa shape index (κ2) is 11.1. The molecule has 0 saturated heterocycles. The van der Waals surface area contributed by atoms with Crippen molar-refractivity contribution < 1.29 is 17.9 Å². The highest BCUT2D eigenvalue weighted by molar-refractivity contribution is 7.92. The average molecular weight is 486 g/mol. The van der Waals surface area contributed by atoms with Gasteiger partial charge in [0.15, 0.2) is 0 Å². The molecule has 0 spiro atoms. The van der Waals surface area contributed by atoms with Crippen molar-refractivity contribution in [2.24, 2.45) is 5.10 Å². The molecule has 176 valence electrons. The van der Waals surface area contributed by atoms with Gasteiger partial charge in [0.05, 0.1) is 11.1 Å². The minimum atomic E-state index is -3.70. The smallest absolute Gasteiger partial charge is 0.271 e. The highest BCUT2D eigenvalue weighted by atomic mass is 32.2. The zero-order valence-corrected chi connectivity index (χ0v) is 19.5. The van der Waals surface area contributed by atoms with Crippen molar-refractivity contribution in [3.63, 3.8) is 0 Å². The molecular weight excluding hydrogens is 462 g/mol. The number of anilines is 1. The van der Waals surface area contributed by atoms with Gasteiger partial charge in [0.25, 0.3) is 15.9 Å². The third-order valence-electron chi connectivity index (χ3n) is 4.98. The fraction of sp³-hybridized carbons (Fsp3) is 0.0370. The van der Waals surface area contributed by atoms with E-state index in [1.807, 2.05) is 54.6 Å². The van der Waals surface area contributed by atoms with Crippen LogP contribution in [0, 0.1) is 0 Å². The number of rotatable bonds is 9. The molecule has 0 aliphatic rings. The molecule has 7 nitrogen and oxygen atoms in total. The maximum atomic E-state index is 12.5. The number of ether oxygens (including phenoxy) is 1. The fourth-order valence-corrected chi connectivity index (χ4v) is 4.26. The number of carbonyl (C=O) groups is 1. The summed E-state index contributed by atoms with van der Waals surface area (Å²) in [6, 6.07) is 31.3. The van der Waals surface area contributed by atoms with E-state index in [1.54, 1.807) is 18.2 Å². The zero-order valence-electron chi connectivity index (χ0n) is 18.7. The molecule has 0 saturated carbocycles. The van der Waals surface area contributed by atoms with Crippen LogP contribution in [0.1, 0.15) is 21.5 Å². The molecule has 0 aliphatic carbocycles. The molecule has 0 radical (unpaired) electrons. The Labute approximate surface area is 204 Å². The number of carbonyl (C=O) groups excluding carboxylic acids is 1. The third kappa shape index (κ3) is 6.55. The molecule has 0 aliphatic heterocycles. The molecule has 0 unspecified atom stereocenters. The third-order valence-corrected chi connectivity index (χ3v) is 6.38. The lowest BCUT2D eigenvalue weighted by molar-refractivity contribution is 0.0955. The number of hydrogen-bond acceptors (Lipinski definition) is 5. The van der Waals surface area contributed by atoms with Crippen LogP contribution < -0.4 is 14.9 Å². The Hall–Kier alpha value is -4.43. The van der Waals surface area contributed by atoms with Gasteiger partial charge in [-0.2, -0.15) is 5.10 Å². The summed E-state index contributed by atoms with van der Waals surface area (Å²) in [7, 11) is -3.70. The Kier molecular flexibility index (Phi) is 7.54. The van der Waals surface area contributed by atoms with Gasteiger partial charge in [-0.1, -0.05) is 60.7 Å². The van der Waals surface area contributed by atoms with Gasteiger partial charge in [0, 0.05) is 16.8 Å². The van der Waals surface area contributed by atoms with Gasteiger partial charge < -0.3 is 4.74 Å². The van der Waals surface area contributed by atoms with Gasteiger partial charge in [0.1, 0.15) is 12.4 Å². The molecule has 4 aromatic rings. The topological polar surface area (TPSA) is 96.9 Å². The first-order valence-electron chi connectivity index (χ1n) is 10.8. The highest BCUT2D eigenvalue weighted by Crippen LogP contribution is 2.18. The van der Waals surface area contributed by atoms with Crippen molar-refractivity contribution >= 4 is 27.8 Å². The van der Waals surface area contributed by atoms with Crippen LogP contribution in [-0.4, -0.2) is 20.5 Å². The Balaban J connectivity index is 1.35. The van der Waals surface area contributed by atoms with E-state index in [0.717, 1.165) is 11.1 Å². The molecule has 4 rings (SSSR count). The molecule has 4 aromatic carbocycles. The monoisotopic (exact) mass is 485 g/mol. The molecule has 35 heavy (non-hydrogen) atoms. The van der Waals surface area contributed by atoms with E-state index in [4.69, 9.17) is 4.74 Å². The quantitative estimate of drug-likeness (QED) is 0.262. The van der Waals surface area contributed by atoms with Gasteiger partial charge in [-0.05, 0) is 54.1 Å². The van der Waals surface area contributed by atoms with E-state index in [0.29, 0.717) is 23.6 Å². The maximum absolute atomic E-state index is 12.5. The average Bonchev–Trinajstić information content (AvgIpc) is 2.89. The fourth-order valence-electron chi connectivity index (χ4n) is 3.18. The first-order chi connectivity index (χ1) is 17.0. The second-order valence-corrected chi connectivity index (χ2v) is 9.19. The normalized spacial score (nSPS) is 11.2. The number of benzene rings is 4.